The van der Waals surface area contributed by atoms with E-state index < -0.39 is 0 Å². The Morgan fingerprint density at radius 3 is 2.64 bits per heavy atom. The Balaban J connectivity index is 1.51. The van der Waals surface area contributed by atoms with Crippen LogP contribution in [0.4, 0.5) is 16.0 Å². The molecule has 4 aromatic rings. The molecule has 0 bridgehead atoms. The van der Waals surface area contributed by atoms with Gasteiger partial charge in [0.15, 0.2) is 10.3 Å². The molecule has 2 aromatic carbocycles. The lowest BCUT2D eigenvalue weighted by atomic mass is 10.2. The number of nitrogens with zero attached hydrogens (tertiary/aromatic N) is 2. The van der Waals surface area contributed by atoms with E-state index >= 15 is 0 Å². The molecular weight excluding hydrogens is 456 g/mol. The molecule has 0 atom stereocenters. The minimum Gasteiger partial charge on any atom is -0.332 e. The largest absolute Gasteiger partial charge is 0.332 e. The lowest BCUT2D eigenvalue weighted by Crippen LogP contribution is -2.11. The highest BCUT2D eigenvalue weighted by atomic mass is 79.9. The standard InChI is InChI=1S/C20H15BrN4OS2/c1-12-17(28-20(22-12)25-18(26)13-6-3-2-4-7-13)16-11-27-19(24-16)23-15-9-5-8-14(21)10-15/h2-11H,1H3,(H,23,24)(H,22,25,26). The van der Waals surface area contributed by atoms with Gasteiger partial charge >= 0.3 is 0 Å². The quantitative estimate of drug-likeness (QED) is 0.357. The molecule has 2 heterocycles. The summed E-state index contributed by atoms with van der Waals surface area (Å²) in [6.45, 7) is 1.92. The van der Waals surface area contributed by atoms with Crippen molar-refractivity contribution >= 4 is 60.5 Å². The Bertz CT molecular complexity index is 1120. The fourth-order valence-electron chi connectivity index (χ4n) is 2.57. The first-order valence-corrected chi connectivity index (χ1v) is 10.9. The summed E-state index contributed by atoms with van der Waals surface area (Å²) < 4.78 is 1.01. The number of thiazole rings is 2. The number of hydrogen-bond donors (Lipinski definition) is 2. The molecule has 0 saturated carbocycles. The summed E-state index contributed by atoms with van der Waals surface area (Å²) in [5.74, 6) is -0.170. The molecule has 0 aliphatic rings. The molecule has 0 fully saturated rings. The Morgan fingerprint density at radius 1 is 1.04 bits per heavy atom. The molecule has 2 aromatic heterocycles. The molecule has 8 heteroatoms. The van der Waals surface area contributed by atoms with Gasteiger partial charge in [0.1, 0.15) is 0 Å². The highest BCUT2D eigenvalue weighted by Crippen LogP contribution is 2.35. The van der Waals surface area contributed by atoms with Crippen LogP contribution in [-0.2, 0) is 0 Å². The van der Waals surface area contributed by atoms with Crippen LogP contribution < -0.4 is 10.6 Å². The van der Waals surface area contributed by atoms with E-state index in [9.17, 15) is 4.79 Å². The highest BCUT2D eigenvalue weighted by molar-refractivity contribution is 9.10. The number of halogens is 1. The number of benzene rings is 2. The molecule has 0 unspecified atom stereocenters. The van der Waals surface area contributed by atoms with Gasteiger partial charge < -0.3 is 5.32 Å². The third kappa shape index (κ3) is 4.30. The Hall–Kier alpha value is -2.55. The minimum atomic E-state index is -0.170. The predicted molar refractivity (Wildman–Crippen MR) is 120 cm³/mol. The summed E-state index contributed by atoms with van der Waals surface area (Å²) >= 11 is 6.42. The molecule has 4 rings (SSSR count). The van der Waals surface area contributed by atoms with Crippen LogP contribution in [0.5, 0.6) is 0 Å². The number of aryl methyl sites for hydroxylation is 1. The highest BCUT2D eigenvalue weighted by Gasteiger charge is 2.15. The summed E-state index contributed by atoms with van der Waals surface area (Å²) in [5, 5.41) is 9.53. The van der Waals surface area contributed by atoms with E-state index in [4.69, 9.17) is 0 Å². The number of hydrogen-bond acceptors (Lipinski definition) is 6. The van der Waals surface area contributed by atoms with Gasteiger partial charge in [-0.25, -0.2) is 9.97 Å². The van der Waals surface area contributed by atoms with E-state index in [0.29, 0.717) is 10.7 Å². The van der Waals surface area contributed by atoms with Crippen molar-refractivity contribution in [1.29, 1.82) is 0 Å². The SMILES string of the molecule is Cc1nc(NC(=O)c2ccccc2)sc1-c1csc(Nc2cccc(Br)c2)n1. The first kappa shape index (κ1) is 18.8. The fourth-order valence-corrected chi connectivity index (χ4v) is 4.69. The normalized spacial score (nSPS) is 10.6. The minimum absolute atomic E-state index is 0.170. The number of nitrogens with one attached hydrogen (secondary N) is 2. The summed E-state index contributed by atoms with van der Waals surface area (Å²) in [6.07, 6.45) is 0. The van der Waals surface area contributed by atoms with Crippen LogP contribution in [0.2, 0.25) is 0 Å². The molecule has 5 nitrogen and oxygen atoms in total. The number of anilines is 3. The maximum absolute atomic E-state index is 12.3. The van der Waals surface area contributed by atoms with Gasteiger partial charge in [-0.05, 0) is 37.3 Å². The summed E-state index contributed by atoms with van der Waals surface area (Å²) in [7, 11) is 0. The van der Waals surface area contributed by atoms with Crippen LogP contribution in [0.3, 0.4) is 0 Å². The molecule has 2 N–H and O–H groups in total. The maximum Gasteiger partial charge on any atom is 0.257 e. The van der Waals surface area contributed by atoms with E-state index in [1.165, 1.54) is 22.7 Å². The third-order valence-electron chi connectivity index (χ3n) is 3.87. The molecule has 0 aliphatic heterocycles. The fraction of sp³-hybridized carbons (Fsp3) is 0.0500. The van der Waals surface area contributed by atoms with Crippen molar-refractivity contribution < 1.29 is 4.79 Å². The molecular formula is C20H15BrN4OS2. The van der Waals surface area contributed by atoms with E-state index in [1.807, 2.05) is 54.8 Å². The number of aromatic nitrogens is 2. The van der Waals surface area contributed by atoms with Crippen molar-refractivity contribution in [3.05, 3.63) is 75.7 Å². The van der Waals surface area contributed by atoms with E-state index in [-0.39, 0.29) is 5.91 Å². The van der Waals surface area contributed by atoms with Gasteiger partial charge in [0.2, 0.25) is 0 Å². The van der Waals surface area contributed by atoms with Gasteiger partial charge in [-0.15, -0.1) is 11.3 Å². The average molecular weight is 471 g/mol. The van der Waals surface area contributed by atoms with Crippen LogP contribution >= 0.6 is 38.6 Å². The number of carbonyl (C=O) groups is 1. The molecule has 1 amide bonds. The van der Waals surface area contributed by atoms with Crippen LogP contribution in [0.15, 0.2) is 64.5 Å². The molecule has 28 heavy (non-hydrogen) atoms. The van der Waals surface area contributed by atoms with E-state index in [1.54, 1.807) is 12.1 Å². The van der Waals surface area contributed by atoms with Gasteiger partial charge in [0, 0.05) is 21.1 Å². The zero-order valence-corrected chi connectivity index (χ0v) is 18.0. The topological polar surface area (TPSA) is 66.9 Å². The van der Waals surface area contributed by atoms with Gasteiger partial charge in [0.25, 0.3) is 5.91 Å². The van der Waals surface area contributed by atoms with Gasteiger partial charge in [-0.3, -0.25) is 10.1 Å². The number of rotatable bonds is 5. The molecule has 0 spiro atoms. The lowest BCUT2D eigenvalue weighted by molar-refractivity contribution is 0.102. The lowest BCUT2D eigenvalue weighted by Gasteiger charge is -2.02. The van der Waals surface area contributed by atoms with Crippen LogP contribution in [0, 0.1) is 6.92 Å². The monoisotopic (exact) mass is 470 g/mol. The van der Waals surface area contributed by atoms with Crippen molar-refractivity contribution in [3.8, 4) is 10.6 Å². The van der Waals surface area contributed by atoms with E-state index in [2.05, 4.69) is 36.5 Å². The second-order valence-electron chi connectivity index (χ2n) is 5.93. The Morgan fingerprint density at radius 2 is 1.86 bits per heavy atom. The summed E-state index contributed by atoms with van der Waals surface area (Å²) in [4.78, 5) is 22.4. The summed E-state index contributed by atoms with van der Waals surface area (Å²) in [6, 6.07) is 17.0. The van der Waals surface area contributed by atoms with E-state index in [0.717, 1.165) is 31.6 Å². The van der Waals surface area contributed by atoms with Crippen molar-refractivity contribution in [3.63, 3.8) is 0 Å². The molecule has 0 saturated heterocycles. The Labute approximate surface area is 178 Å². The molecule has 0 aliphatic carbocycles. The maximum atomic E-state index is 12.3. The second-order valence-corrected chi connectivity index (χ2v) is 8.70. The van der Waals surface area contributed by atoms with Crippen molar-refractivity contribution in [2.75, 3.05) is 10.6 Å². The van der Waals surface area contributed by atoms with Crippen molar-refractivity contribution in [2.24, 2.45) is 0 Å². The van der Waals surface area contributed by atoms with Crippen molar-refractivity contribution in [2.45, 2.75) is 6.92 Å². The number of amides is 1. The third-order valence-corrected chi connectivity index (χ3v) is 6.21. The van der Waals surface area contributed by atoms with Gasteiger partial charge in [-0.1, -0.05) is 51.5 Å². The second kappa shape index (κ2) is 8.22. The van der Waals surface area contributed by atoms with Crippen molar-refractivity contribution in [1.82, 2.24) is 9.97 Å². The first-order valence-electron chi connectivity index (χ1n) is 8.41. The van der Waals surface area contributed by atoms with Gasteiger partial charge in [0.05, 0.1) is 16.3 Å². The zero-order valence-electron chi connectivity index (χ0n) is 14.8. The Kier molecular flexibility index (Phi) is 5.52. The van der Waals surface area contributed by atoms with Gasteiger partial charge in [-0.2, -0.15) is 0 Å². The van der Waals surface area contributed by atoms with Crippen LogP contribution in [0.1, 0.15) is 16.1 Å². The predicted octanol–water partition coefficient (Wildman–Crippen LogP) is 6.33. The smallest absolute Gasteiger partial charge is 0.257 e. The van der Waals surface area contributed by atoms with Crippen LogP contribution in [0.25, 0.3) is 10.6 Å². The average Bonchev–Trinajstić information content (AvgIpc) is 3.28. The number of carbonyl (C=O) groups excluding carboxylic acids is 1. The molecule has 0 radical (unpaired) electrons. The van der Waals surface area contributed by atoms with Crippen LogP contribution in [-0.4, -0.2) is 15.9 Å². The molecule has 140 valence electrons. The first-order chi connectivity index (χ1) is 13.6. The zero-order chi connectivity index (χ0) is 19.5. The summed E-state index contributed by atoms with van der Waals surface area (Å²) in [5.41, 5.74) is 3.25.